The van der Waals surface area contributed by atoms with E-state index in [1.54, 1.807) is 0 Å². The molecule has 0 aliphatic carbocycles. The fourth-order valence-electron chi connectivity index (χ4n) is 1.60. The van der Waals surface area contributed by atoms with Crippen molar-refractivity contribution in [3.63, 3.8) is 0 Å². The third-order valence-electron chi connectivity index (χ3n) is 2.31. The number of hydrogen-bond acceptors (Lipinski definition) is 3. The van der Waals surface area contributed by atoms with Crippen LogP contribution in [0.4, 0.5) is 4.79 Å². The molecule has 0 rings (SSSR count). The molecule has 0 aliphatic heterocycles. The Labute approximate surface area is 146 Å². The van der Waals surface area contributed by atoms with E-state index < -0.39 is 5.60 Å². The molecule has 0 radical (unpaired) electrons. The van der Waals surface area contributed by atoms with Gasteiger partial charge in [0, 0.05) is 41.3 Å². The maximum atomic E-state index is 11.4. The van der Waals surface area contributed by atoms with Crippen LogP contribution in [0.25, 0.3) is 0 Å². The van der Waals surface area contributed by atoms with Gasteiger partial charge in [-0.2, -0.15) is 0 Å². The fraction of sp³-hybridized carbons (Fsp3) is 0.857. The largest absolute Gasteiger partial charge is 0.444 e. The molecule has 21 heavy (non-hydrogen) atoms. The van der Waals surface area contributed by atoms with E-state index in [9.17, 15) is 4.79 Å². The van der Waals surface area contributed by atoms with Gasteiger partial charge in [-0.3, -0.25) is 4.99 Å². The minimum absolute atomic E-state index is 0. The Morgan fingerprint density at radius 1 is 1.10 bits per heavy atom. The normalized spacial score (nSPS) is 10.2. The molecule has 0 aromatic heterocycles. The first kappa shape index (κ1) is 22.5. The van der Waals surface area contributed by atoms with Crippen molar-refractivity contribution in [2.75, 3.05) is 41.3 Å². The average Bonchev–Trinajstić information content (AvgIpc) is 2.24. The van der Waals surface area contributed by atoms with Crippen molar-refractivity contribution in [1.82, 2.24) is 15.1 Å². The van der Waals surface area contributed by atoms with Crippen LogP contribution in [0.1, 0.15) is 33.6 Å². The summed E-state index contributed by atoms with van der Waals surface area (Å²) in [7, 11) is 7.90. The maximum absolute atomic E-state index is 11.4. The van der Waals surface area contributed by atoms with Crippen LogP contribution in [-0.2, 0) is 4.74 Å². The number of nitrogens with zero attached hydrogens (tertiary/aromatic N) is 3. The molecule has 1 amide bonds. The molecule has 0 atom stereocenters. The molecular formula is C14H31IN4O2. The summed E-state index contributed by atoms with van der Waals surface area (Å²) in [5, 5.41) is 2.74. The lowest BCUT2D eigenvalue weighted by atomic mass is 10.2. The molecule has 0 fully saturated rings. The van der Waals surface area contributed by atoms with Gasteiger partial charge in [0.15, 0.2) is 5.96 Å². The number of rotatable bonds is 5. The summed E-state index contributed by atoms with van der Waals surface area (Å²) < 4.78 is 5.15. The van der Waals surface area contributed by atoms with Crippen LogP contribution in [-0.4, -0.2) is 68.7 Å². The van der Waals surface area contributed by atoms with Crippen molar-refractivity contribution in [3.05, 3.63) is 0 Å². The number of unbranched alkanes of at least 4 members (excludes halogenated alkanes) is 1. The van der Waals surface area contributed by atoms with Crippen LogP contribution in [0.2, 0.25) is 0 Å². The molecule has 0 aromatic rings. The fourth-order valence-corrected chi connectivity index (χ4v) is 1.60. The molecular weight excluding hydrogens is 383 g/mol. The highest BCUT2D eigenvalue weighted by Crippen LogP contribution is 2.06. The SMILES string of the molecule is CN(C)C(=NCCCCNC(=O)OC(C)(C)C)N(C)C.I. The van der Waals surface area contributed by atoms with Crippen molar-refractivity contribution in [2.45, 2.75) is 39.2 Å². The van der Waals surface area contributed by atoms with Crippen LogP contribution < -0.4 is 5.32 Å². The highest BCUT2D eigenvalue weighted by Gasteiger charge is 2.15. The smallest absolute Gasteiger partial charge is 0.407 e. The van der Waals surface area contributed by atoms with E-state index in [0.29, 0.717) is 6.54 Å². The van der Waals surface area contributed by atoms with Gasteiger partial charge in [0.1, 0.15) is 5.60 Å². The lowest BCUT2D eigenvalue weighted by Gasteiger charge is -2.22. The molecule has 1 N–H and O–H groups in total. The average molecular weight is 414 g/mol. The lowest BCUT2D eigenvalue weighted by molar-refractivity contribution is 0.0527. The molecule has 126 valence electrons. The van der Waals surface area contributed by atoms with Gasteiger partial charge in [-0.05, 0) is 33.6 Å². The number of amides is 1. The van der Waals surface area contributed by atoms with Gasteiger partial charge in [-0.15, -0.1) is 24.0 Å². The lowest BCUT2D eigenvalue weighted by Crippen LogP contribution is -2.35. The van der Waals surface area contributed by atoms with E-state index in [2.05, 4.69) is 10.3 Å². The number of guanidine groups is 1. The first-order valence-corrected chi connectivity index (χ1v) is 6.99. The summed E-state index contributed by atoms with van der Waals surface area (Å²) in [6.45, 7) is 6.92. The zero-order chi connectivity index (χ0) is 15.8. The number of hydrogen-bond donors (Lipinski definition) is 1. The quantitative estimate of drug-likeness (QED) is 0.325. The molecule has 6 nitrogen and oxygen atoms in total. The van der Waals surface area contributed by atoms with E-state index in [1.165, 1.54) is 0 Å². The Bertz CT molecular complexity index is 315. The van der Waals surface area contributed by atoms with Gasteiger partial charge in [0.05, 0.1) is 0 Å². The Morgan fingerprint density at radius 2 is 1.62 bits per heavy atom. The van der Waals surface area contributed by atoms with Crippen LogP contribution in [0, 0.1) is 0 Å². The highest BCUT2D eigenvalue weighted by atomic mass is 127. The van der Waals surface area contributed by atoms with E-state index in [4.69, 9.17) is 4.74 Å². The maximum Gasteiger partial charge on any atom is 0.407 e. The predicted octanol–water partition coefficient (Wildman–Crippen LogP) is 2.39. The molecule has 0 aliphatic rings. The Kier molecular flexibility index (Phi) is 11.7. The summed E-state index contributed by atoms with van der Waals surface area (Å²) in [4.78, 5) is 19.9. The topological polar surface area (TPSA) is 57.2 Å². The second kappa shape index (κ2) is 10.9. The minimum atomic E-state index is -0.444. The van der Waals surface area contributed by atoms with E-state index in [1.807, 2.05) is 58.8 Å². The second-order valence-corrected chi connectivity index (χ2v) is 6.11. The van der Waals surface area contributed by atoms with Gasteiger partial charge in [-0.1, -0.05) is 0 Å². The van der Waals surface area contributed by atoms with Crippen molar-refractivity contribution < 1.29 is 9.53 Å². The first-order valence-electron chi connectivity index (χ1n) is 6.99. The summed E-state index contributed by atoms with van der Waals surface area (Å²) in [5.41, 5.74) is -0.444. The molecule has 0 saturated carbocycles. The monoisotopic (exact) mass is 414 g/mol. The number of carbonyl (C=O) groups excluding carboxylic acids is 1. The van der Waals surface area contributed by atoms with Gasteiger partial charge < -0.3 is 19.9 Å². The van der Waals surface area contributed by atoms with Crippen molar-refractivity contribution >= 4 is 36.0 Å². The van der Waals surface area contributed by atoms with Crippen molar-refractivity contribution in [2.24, 2.45) is 4.99 Å². The number of alkyl carbamates (subject to hydrolysis) is 1. The molecule has 0 spiro atoms. The molecule has 7 heteroatoms. The van der Waals surface area contributed by atoms with Crippen LogP contribution in [0.5, 0.6) is 0 Å². The summed E-state index contributed by atoms with van der Waals surface area (Å²) >= 11 is 0. The van der Waals surface area contributed by atoms with Gasteiger partial charge in [-0.25, -0.2) is 4.79 Å². The standard InChI is InChI=1S/C14H30N4O2.HI/c1-14(2,3)20-13(19)16-11-9-8-10-15-12(17(4)5)18(6)7;/h8-11H2,1-7H3,(H,16,19);1H. The Hall–Kier alpha value is -0.730. The van der Waals surface area contributed by atoms with Crippen molar-refractivity contribution in [3.8, 4) is 0 Å². The van der Waals surface area contributed by atoms with Crippen LogP contribution >= 0.6 is 24.0 Å². The number of ether oxygens (including phenoxy) is 1. The van der Waals surface area contributed by atoms with E-state index in [-0.39, 0.29) is 30.1 Å². The third-order valence-corrected chi connectivity index (χ3v) is 2.31. The molecule has 0 unspecified atom stereocenters. The minimum Gasteiger partial charge on any atom is -0.444 e. The number of carbonyl (C=O) groups is 1. The Morgan fingerprint density at radius 3 is 2.05 bits per heavy atom. The molecule has 0 saturated heterocycles. The van der Waals surface area contributed by atoms with Gasteiger partial charge in [0.2, 0.25) is 0 Å². The summed E-state index contributed by atoms with van der Waals surface area (Å²) in [6.07, 6.45) is 1.46. The number of halogens is 1. The molecule has 0 bridgehead atoms. The van der Waals surface area contributed by atoms with Gasteiger partial charge >= 0.3 is 6.09 Å². The summed E-state index contributed by atoms with van der Waals surface area (Å²) in [5.74, 6) is 0.949. The van der Waals surface area contributed by atoms with E-state index >= 15 is 0 Å². The number of nitrogens with one attached hydrogen (secondary N) is 1. The zero-order valence-corrected chi connectivity index (χ0v) is 16.7. The van der Waals surface area contributed by atoms with Gasteiger partial charge in [0.25, 0.3) is 0 Å². The highest BCUT2D eigenvalue weighted by molar-refractivity contribution is 14.0. The van der Waals surface area contributed by atoms with Crippen LogP contribution in [0.15, 0.2) is 4.99 Å². The van der Waals surface area contributed by atoms with Crippen molar-refractivity contribution in [1.29, 1.82) is 0 Å². The molecule has 0 aromatic carbocycles. The third kappa shape index (κ3) is 12.7. The van der Waals surface area contributed by atoms with E-state index in [0.717, 1.165) is 25.3 Å². The number of aliphatic imine (C=N–C) groups is 1. The second-order valence-electron chi connectivity index (χ2n) is 6.11. The summed E-state index contributed by atoms with van der Waals surface area (Å²) in [6, 6.07) is 0. The zero-order valence-electron chi connectivity index (χ0n) is 14.4. The van der Waals surface area contributed by atoms with Crippen LogP contribution in [0.3, 0.4) is 0 Å². The predicted molar refractivity (Wildman–Crippen MR) is 98.6 cm³/mol. The molecule has 0 heterocycles. The first-order chi connectivity index (χ1) is 9.13. The Balaban J connectivity index is 0.